The minimum Gasteiger partial charge on any atom is -0.319 e. The van der Waals surface area contributed by atoms with Crippen molar-refractivity contribution in [2.45, 2.75) is 0 Å². The van der Waals surface area contributed by atoms with Crippen LogP contribution in [-0.2, 0) is 9.13 Å². The minimum absolute atomic E-state index is 0.560. The van der Waals surface area contributed by atoms with Gasteiger partial charge in [-0.2, -0.15) is 0 Å². The van der Waals surface area contributed by atoms with Gasteiger partial charge >= 0.3 is 0 Å². The number of fused-ring (bicyclic) bond motifs is 3. The summed E-state index contributed by atoms with van der Waals surface area (Å²) in [5.74, 6) is 1.75. The summed E-state index contributed by atoms with van der Waals surface area (Å²) in [4.78, 5) is 14.7. The molecule has 7 rings (SSSR count). The lowest BCUT2D eigenvalue weighted by Gasteiger charge is -2.13. The molecule has 0 atom stereocenters. The lowest BCUT2D eigenvalue weighted by atomic mass is 10.1. The highest BCUT2D eigenvalue weighted by atomic mass is 31.2. The fraction of sp³-hybridized carbons (Fsp3) is 0.108. The van der Waals surface area contributed by atoms with E-state index in [9.17, 15) is 9.13 Å². The molecule has 2 heterocycles. The first-order chi connectivity index (χ1) is 21.6. The molecule has 7 aromatic rings. The lowest BCUT2D eigenvalue weighted by molar-refractivity contribution is 0.587. The fourth-order valence-electron chi connectivity index (χ4n) is 5.67. The summed E-state index contributed by atoms with van der Waals surface area (Å²) in [6.07, 6.45) is 0. The molecule has 0 aliphatic carbocycles. The largest absolute Gasteiger partial charge is 0.319 e. The monoisotopic (exact) mass is 626 g/mol. The van der Waals surface area contributed by atoms with Crippen molar-refractivity contribution in [3.05, 3.63) is 121 Å². The molecule has 6 nitrogen and oxygen atoms in total. The van der Waals surface area contributed by atoms with Crippen LogP contribution < -0.4 is 10.6 Å². The SMILES string of the molecule is CP(C)(=O)c1ccc2c3ccc(P(C)(C)=O)cc3n(-c3cccc(-c4nc(-c5ccccc5)nc(-c5ccccc5)n4)c3)c2c1. The van der Waals surface area contributed by atoms with E-state index in [1.807, 2.05) is 103 Å². The van der Waals surface area contributed by atoms with Crippen molar-refractivity contribution in [2.24, 2.45) is 0 Å². The van der Waals surface area contributed by atoms with E-state index in [2.05, 4.69) is 22.8 Å². The summed E-state index contributed by atoms with van der Waals surface area (Å²) in [6, 6.07) is 40.1. The lowest BCUT2D eigenvalue weighted by Crippen LogP contribution is -2.05. The van der Waals surface area contributed by atoms with Gasteiger partial charge in [0.1, 0.15) is 14.3 Å². The fourth-order valence-corrected chi connectivity index (χ4v) is 7.40. The molecule has 45 heavy (non-hydrogen) atoms. The Morgan fingerprint density at radius 3 is 1.33 bits per heavy atom. The van der Waals surface area contributed by atoms with Crippen LogP contribution in [-0.4, -0.2) is 46.2 Å². The van der Waals surface area contributed by atoms with E-state index in [4.69, 9.17) is 15.0 Å². The molecule has 0 radical (unpaired) electrons. The molecule has 0 fully saturated rings. The van der Waals surface area contributed by atoms with Gasteiger partial charge in [0.05, 0.1) is 11.0 Å². The predicted molar refractivity (Wildman–Crippen MR) is 189 cm³/mol. The smallest absolute Gasteiger partial charge is 0.164 e. The first-order valence-corrected chi connectivity index (χ1v) is 19.9. The number of hydrogen-bond acceptors (Lipinski definition) is 5. The van der Waals surface area contributed by atoms with Crippen molar-refractivity contribution < 1.29 is 9.13 Å². The third-order valence-electron chi connectivity index (χ3n) is 8.04. The third kappa shape index (κ3) is 5.57. The summed E-state index contributed by atoms with van der Waals surface area (Å²) >= 11 is 0. The molecular formula is C37H32N4O2P2. The van der Waals surface area contributed by atoms with Gasteiger partial charge in [0, 0.05) is 43.8 Å². The van der Waals surface area contributed by atoms with Gasteiger partial charge in [-0.05, 0) is 50.9 Å². The standard InChI is InChI=1S/C37H32N4O2P2/c1-44(2,42)29-18-20-31-32-21-19-30(45(3,4)43)24-34(32)41(33(31)23-29)28-17-11-16-27(22-28)37-39-35(25-12-7-5-8-13-25)38-36(40-37)26-14-9-6-10-15-26/h5-24H,1-4H3. The summed E-state index contributed by atoms with van der Waals surface area (Å²) in [6.45, 7) is 7.17. The molecule has 222 valence electrons. The first-order valence-electron chi connectivity index (χ1n) is 14.7. The molecule has 0 amide bonds. The van der Waals surface area contributed by atoms with E-state index in [-0.39, 0.29) is 0 Å². The van der Waals surface area contributed by atoms with Crippen molar-refractivity contribution in [3.63, 3.8) is 0 Å². The van der Waals surface area contributed by atoms with Gasteiger partial charge in [0.15, 0.2) is 17.5 Å². The molecule has 0 saturated heterocycles. The average Bonchev–Trinajstić information content (AvgIpc) is 3.38. The van der Waals surface area contributed by atoms with Gasteiger partial charge in [-0.1, -0.05) is 97.1 Å². The van der Waals surface area contributed by atoms with Crippen LogP contribution in [0.3, 0.4) is 0 Å². The zero-order valence-electron chi connectivity index (χ0n) is 25.5. The van der Waals surface area contributed by atoms with E-state index in [1.165, 1.54) is 0 Å². The van der Waals surface area contributed by atoms with Crippen LogP contribution in [0.15, 0.2) is 121 Å². The van der Waals surface area contributed by atoms with Crippen molar-refractivity contribution >= 4 is 46.7 Å². The maximum absolute atomic E-state index is 13.2. The maximum atomic E-state index is 13.2. The zero-order chi connectivity index (χ0) is 31.3. The minimum atomic E-state index is -2.52. The quantitative estimate of drug-likeness (QED) is 0.173. The van der Waals surface area contributed by atoms with Crippen molar-refractivity contribution in [1.29, 1.82) is 0 Å². The Kier molecular flexibility index (Phi) is 7.16. The van der Waals surface area contributed by atoms with Crippen LogP contribution in [0.2, 0.25) is 0 Å². The molecule has 5 aromatic carbocycles. The predicted octanol–water partition coefficient (Wildman–Crippen LogP) is 8.47. The Hall–Kier alpha value is -4.63. The second-order valence-electron chi connectivity index (χ2n) is 12.0. The summed E-state index contributed by atoms with van der Waals surface area (Å²) in [5, 5.41) is 3.70. The van der Waals surface area contributed by atoms with Crippen LogP contribution in [0.25, 0.3) is 61.7 Å². The van der Waals surface area contributed by atoms with E-state index < -0.39 is 14.3 Å². The highest BCUT2D eigenvalue weighted by Crippen LogP contribution is 2.41. The molecular weight excluding hydrogens is 594 g/mol. The Balaban J connectivity index is 1.48. The number of rotatable bonds is 6. The average molecular weight is 627 g/mol. The van der Waals surface area contributed by atoms with Crippen LogP contribution in [0, 0.1) is 0 Å². The first kappa shape index (κ1) is 29.1. The third-order valence-corrected chi connectivity index (χ3v) is 11.1. The molecule has 0 aliphatic heterocycles. The summed E-state index contributed by atoms with van der Waals surface area (Å²) in [7, 11) is -5.05. The Morgan fingerprint density at radius 1 is 0.467 bits per heavy atom. The molecule has 8 heteroatoms. The van der Waals surface area contributed by atoms with E-state index in [0.717, 1.165) is 54.8 Å². The maximum Gasteiger partial charge on any atom is 0.164 e. The number of hydrogen-bond donors (Lipinski definition) is 0. The summed E-state index contributed by atoms with van der Waals surface area (Å²) < 4.78 is 28.5. The van der Waals surface area contributed by atoms with Gasteiger partial charge in [-0.3, -0.25) is 0 Å². The van der Waals surface area contributed by atoms with E-state index in [1.54, 1.807) is 26.7 Å². The van der Waals surface area contributed by atoms with Gasteiger partial charge in [-0.25, -0.2) is 15.0 Å². The zero-order valence-corrected chi connectivity index (χ0v) is 27.3. The van der Waals surface area contributed by atoms with E-state index in [0.29, 0.717) is 17.5 Å². The Bertz CT molecular complexity index is 2180. The van der Waals surface area contributed by atoms with Gasteiger partial charge in [0.25, 0.3) is 0 Å². The second-order valence-corrected chi connectivity index (χ2v) is 18.5. The van der Waals surface area contributed by atoms with Gasteiger partial charge < -0.3 is 13.7 Å². The van der Waals surface area contributed by atoms with Crippen LogP contribution in [0.1, 0.15) is 0 Å². The Labute approximate surface area is 262 Å². The molecule has 0 saturated carbocycles. The molecule has 0 bridgehead atoms. The van der Waals surface area contributed by atoms with Crippen molar-refractivity contribution in [1.82, 2.24) is 19.5 Å². The van der Waals surface area contributed by atoms with Crippen molar-refractivity contribution in [2.75, 3.05) is 26.7 Å². The number of nitrogens with zero attached hydrogens (tertiary/aromatic N) is 4. The van der Waals surface area contributed by atoms with Gasteiger partial charge in [0.2, 0.25) is 0 Å². The topological polar surface area (TPSA) is 77.7 Å². The Morgan fingerprint density at radius 2 is 0.889 bits per heavy atom. The second kappa shape index (κ2) is 11.1. The molecule has 0 spiro atoms. The highest BCUT2D eigenvalue weighted by Gasteiger charge is 2.20. The van der Waals surface area contributed by atoms with Gasteiger partial charge in [-0.15, -0.1) is 0 Å². The normalized spacial score (nSPS) is 12.2. The van der Waals surface area contributed by atoms with Crippen molar-refractivity contribution in [3.8, 4) is 39.9 Å². The number of benzene rings is 5. The molecule has 0 N–H and O–H groups in total. The summed E-state index contributed by atoms with van der Waals surface area (Å²) in [5.41, 5.74) is 5.42. The van der Waals surface area contributed by atoms with E-state index >= 15 is 0 Å². The van der Waals surface area contributed by atoms with Crippen LogP contribution in [0.5, 0.6) is 0 Å². The molecule has 0 aliphatic rings. The highest BCUT2D eigenvalue weighted by molar-refractivity contribution is 7.70. The molecule has 2 aromatic heterocycles. The molecule has 0 unspecified atom stereocenters. The number of aromatic nitrogens is 4. The van der Waals surface area contributed by atoms with Crippen LogP contribution in [0.4, 0.5) is 0 Å². The van der Waals surface area contributed by atoms with Crippen LogP contribution >= 0.6 is 14.3 Å².